The van der Waals surface area contributed by atoms with Gasteiger partial charge in [0.25, 0.3) is 0 Å². The van der Waals surface area contributed by atoms with E-state index >= 15 is 0 Å². The molecule has 0 unspecified atom stereocenters. The van der Waals surface area contributed by atoms with Gasteiger partial charge in [0.15, 0.2) is 0 Å². The average molecular weight is 391 g/mol. The molecule has 0 saturated carbocycles. The molecule has 0 amide bonds. The summed E-state index contributed by atoms with van der Waals surface area (Å²) < 4.78 is 12.1. The van der Waals surface area contributed by atoms with Crippen LogP contribution in [0.25, 0.3) is 11.5 Å². The lowest BCUT2D eigenvalue weighted by Gasteiger charge is -2.00. The van der Waals surface area contributed by atoms with Crippen molar-refractivity contribution in [1.82, 2.24) is 4.98 Å². The van der Waals surface area contributed by atoms with Crippen molar-refractivity contribution in [3.63, 3.8) is 0 Å². The van der Waals surface area contributed by atoms with Crippen molar-refractivity contribution < 1.29 is 19.1 Å². The number of benzene rings is 1. The van der Waals surface area contributed by atoms with Crippen LogP contribution in [0.4, 0.5) is 0 Å². The summed E-state index contributed by atoms with van der Waals surface area (Å²) in [7, 11) is 0. The van der Waals surface area contributed by atoms with E-state index in [0.717, 1.165) is 8.95 Å². The highest BCUT2D eigenvalue weighted by Crippen LogP contribution is 2.34. The molecule has 0 fully saturated rings. The quantitative estimate of drug-likeness (QED) is 0.855. The van der Waals surface area contributed by atoms with E-state index in [1.165, 1.54) is 0 Å². The highest BCUT2D eigenvalue weighted by atomic mass is 79.9. The van der Waals surface area contributed by atoms with Crippen molar-refractivity contribution in [2.24, 2.45) is 0 Å². The number of rotatable bonds is 4. The van der Waals surface area contributed by atoms with Crippen LogP contribution in [0.1, 0.15) is 17.4 Å². The summed E-state index contributed by atoms with van der Waals surface area (Å²) in [5.41, 5.74) is 0.409. The molecule has 1 aromatic carbocycles. The number of oxazole rings is 1. The SMILES string of the molecule is CCOc1oc(-c2cc(Br)ccc2Br)nc1C(=O)O. The van der Waals surface area contributed by atoms with Crippen molar-refractivity contribution in [3.05, 3.63) is 32.8 Å². The van der Waals surface area contributed by atoms with Crippen molar-refractivity contribution in [2.75, 3.05) is 6.61 Å². The van der Waals surface area contributed by atoms with Crippen molar-refractivity contribution in [1.29, 1.82) is 0 Å². The first-order chi connectivity index (χ1) is 9.02. The zero-order chi connectivity index (χ0) is 14.0. The maximum Gasteiger partial charge on any atom is 0.362 e. The third-order valence-electron chi connectivity index (χ3n) is 2.23. The number of carboxylic acids is 1. The Balaban J connectivity index is 2.53. The molecule has 0 bridgehead atoms. The van der Waals surface area contributed by atoms with Crippen molar-refractivity contribution >= 4 is 37.8 Å². The lowest BCUT2D eigenvalue weighted by atomic mass is 10.2. The topological polar surface area (TPSA) is 72.6 Å². The molecule has 1 heterocycles. The molecule has 1 N–H and O–H groups in total. The normalized spacial score (nSPS) is 10.5. The zero-order valence-corrected chi connectivity index (χ0v) is 13.0. The number of carbonyl (C=O) groups is 1. The number of aromatic carboxylic acids is 1. The monoisotopic (exact) mass is 389 g/mol. The third-order valence-corrected chi connectivity index (χ3v) is 3.42. The summed E-state index contributed by atoms with van der Waals surface area (Å²) in [6.45, 7) is 2.04. The first-order valence-corrected chi connectivity index (χ1v) is 6.94. The molecule has 0 radical (unpaired) electrons. The van der Waals surface area contributed by atoms with Gasteiger partial charge in [0.1, 0.15) is 0 Å². The Morgan fingerprint density at radius 3 is 2.84 bits per heavy atom. The van der Waals surface area contributed by atoms with E-state index in [9.17, 15) is 4.79 Å². The summed E-state index contributed by atoms with van der Waals surface area (Å²) in [5, 5.41) is 9.05. The molecule has 19 heavy (non-hydrogen) atoms. The highest BCUT2D eigenvalue weighted by molar-refractivity contribution is 9.11. The van der Waals surface area contributed by atoms with Crippen LogP contribution >= 0.6 is 31.9 Å². The van der Waals surface area contributed by atoms with Crippen LogP contribution in [0.3, 0.4) is 0 Å². The van der Waals surface area contributed by atoms with Gasteiger partial charge >= 0.3 is 11.9 Å². The molecule has 5 nitrogen and oxygen atoms in total. The van der Waals surface area contributed by atoms with Gasteiger partial charge in [-0.3, -0.25) is 0 Å². The molecule has 0 saturated heterocycles. The maximum absolute atomic E-state index is 11.1. The predicted octanol–water partition coefficient (Wildman–Crippen LogP) is 3.96. The highest BCUT2D eigenvalue weighted by Gasteiger charge is 2.22. The van der Waals surface area contributed by atoms with Crippen molar-refractivity contribution in [3.8, 4) is 17.4 Å². The van der Waals surface area contributed by atoms with Gasteiger partial charge in [0.05, 0.1) is 12.2 Å². The number of aromatic nitrogens is 1. The average Bonchev–Trinajstić information content (AvgIpc) is 2.77. The summed E-state index contributed by atoms with van der Waals surface area (Å²) in [6.07, 6.45) is 0. The molecule has 0 aliphatic carbocycles. The Labute approximate surface area is 125 Å². The van der Waals surface area contributed by atoms with Crippen LogP contribution in [0.15, 0.2) is 31.6 Å². The number of hydrogen-bond donors (Lipinski definition) is 1. The fourth-order valence-corrected chi connectivity index (χ4v) is 2.22. The van der Waals surface area contributed by atoms with Gasteiger partial charge < -0.3 is 14.3 Å². The Hall–Kier alpha value is -1.34. The van der Waals surface area contributed by atoms with E-state index in [-0.39, 0.29) is 17.5 Å². The van der Waals surface area contributed by atoms with Crippen LogP contribution in [0.2, 0.25) is 0 Å². The largest absolute Gasteiger partial charge is 0.476 e. The van der Waals surface area contributed by atoms with Crippen LogP contribution in [0, 0.1) is 0 Å². The van der Waals surface area contributed by atoms with E-state index in [1.807, 2.05) is 12.1 Å². The fourth-order valence-electron chi connectivity index (χ4n) is 1.45. The minimum Gasteiger partial charge on any atom is -0.476 e. The van der Waals surface area contributed by atoms with E-state index in [4.69, 9.17) is 14.3 Å². The second kappa shape index (κ2) is 5.75. The lowest BCUT2D eigenvalue weighted by Crippen LogP contribution is -2.01. The zero-order valence-electron chi connectivity index (χ0n) is 9.81. The van der Waals surface area contributed by atoms with Gasteiger partial charge in [-0.2, -0.15) is 4.98 Å². The van der Waals surface area contributed by atoms with Gasteiger partial charge in [-0.1, -0.05) is 15.9 Å². The first kappa shape index (κ1) is 14.1. The molecule has 0 aliphatic heterocycles. The minimum atomic E-state index is -1.19. The lowest BCUT2D eigenvalue weighted by molar-refractivity contribution is 0.0683. The molecule has 0 aliphatic rings. The van der Waals surface area contributed by atoms with E-state index in [2.05, 4.69) is 36.8 Å². The van der Waals surface area contributed by atoms with Crippen molar-refractivity contribution in [2.45, 2.75) is 6.92 Å². The molecule has 2 rings (SSSR count). The molecule has 1 aromatic heterocycles. The first-order valence-electron chi connectivity index (χ1n) is 5.35. The van der Waals surface area contributed by atoms with Gasteiger partial charge in [-0.15, -0.1) is 0 Å². The molecule has 2 aromatic rings. The number of hydrogen-bond acceptors (Lipinski definition) is 4. The standard InChI is InChI=1S/C12H9Br2NO4/c1-2-18-12-9(11(16)17)15-10(19-12)7-5-6(13)3-4-8(7)14/h3-5H,2H2,1H3,(H,16,17). The van der Waals surface area contributed by atoms with E-state index in [1.54, 1.807) is 13.0 Å². The van der Waals surface area contributed by atoms with Gasteiger partial charge in [0, 0.05) is 8.95 Å². The minimum absolute atomic E-state index is 0.0862. The third kappa shape index (κ3) is 2.98. The van der Waals surface area contributed by atoms with Crippen LogP contribution in [-0.4, -0.2) is 22.7 Å². The number of carboxylic acid groups (broad SMARTS) is 1. The Kier molecular flexibility index (Phi) is 4.26. The number of nitrogens with zero attached hydrogens (tertiary/aromatic N) is 1. The van der Waals surface area contributed by atoms with Gasteiger partial charge in [0.2, 0.25) is 11.6 Å². The summed E-state index contributed by atoms with van der Waals surface area (Å²) in [6, 6.07) is 5.43. The summed E-state index contributed by atoms with van der Waals surface area (Å²) in [4.78, 5) is 15.0. The number of ether oxygens (including phenoxy) is 1. The molecule has 100 valence electrons. The second-order valence-electron chi connectivity index (χ2n) is 3.52. The molecule has 7 heteroatoms. The van der Waals surface area contributed by atoms with Crippen LogP contribution < -0.4 is 4.74 Å². The predicted molar refractivity (Wildman–Crippen MR) is 75.5 cm³/mol. The fraction of sp³-hybridized carbons (Fsp3) is 0.167. The number of halogens is 2. The van der Waals surface area contributed by atoms with E-state index < -0.39 is 5.97 Å². The Morgan fingerprint density at radius 1 is 1.47 bits per heavy atom. The molecular formula is C12H9Br2NO4. The summed E-state index contributed by atoms with van der Waals surface area (Å²) >= 11 is 6.71. The van der Waals surface area contributed by atoms with Gasteiger partial charge in [-0.25, -0.2) is 4.79 Å². The van der Waals surface area contributed by atoms with Gasteiger partial charge in [-0.05, 0) is 41.1 Å². The van der Waals surface area contributed by atoms with E-state index in [0.29, 0.717) is 12.2 Å². The smallest absolute Gasteiger partial charge is 0.362 e. The second-order valence-corrected chi connectivity index (χ2v) is 5.29. The Morgan fingerprint density at radius 2 is 2.21 bits per heavy atom. The van der Waals surface area contributed by atoms with Crippen LogP contribution in [0.5, 0.6) is 5.95 Å². The maximum atomic E-state index is 11.1. The Bertz CT molecular complexity index is 624. The van der Waals surface area contributed by atoms with Crippen LogP contribution in [-0.2, 0) is 0 Å². The molecule has 0 atom stereocenters. The summed E-state index contributed by atoms with van der Waals surface area (Å²) in [5.74, 6) is -1.09. The molecular weight excluding hydrogens is 382 g/mol. The molecule has 0 spiro atoms.